The number of hydrogen-bond donors (Lipinski definition) is 2. The van der Waals surface area contributed by atoms with Crippen LogP contribution in [0.15, 0.2) is 24.0 Å². The zero-order chi connectivity index (χ0) is 7.40. The smallest absolute Gasteiger partial charge is 0.274 e. The van der Waals surface area contributed by atoms with Crippen molar-refractivity contribution in [2.75, 3.05) is 6.61 Å². The number of carbonyl (C=O) groups is 1. The molecule has 5 heteroatoms. The predicted molar refractivity (Wildman–Crippen MR) is 40.4 cm³/mol. The van der Waals surface area contributed by atoms with Gasteiger partial charge >= 0.3 is 0 Å². The van der Waals surface area contributed by atoms with Gasteiger partial charge in [0.2, 0.25) is 0 Å². The van der Waals surface area contributed by atoms with Crippen LogP contribution in [0.1, 0.15) is 0 Å². The second-order valence-electron chi connectivity index (χ2n) is 1.74. The number of halogens is 1. The molecule has 1 aliphatic heterocycles. The third kappa shape index (κ3) is 2.61. The van der Waals surface area contributed by atoms with E-state index < -0.39 is 5.91 Å². The maximum absolute atomic E-state index is 10.6. The van der Waals surface area contributed by atoms with E-state index in [1.54, 1.807) is 6.08 Å². The molecule has 0 saturated carbocycles. The zero-order valence-corrected chi connectivity index (χ0v) is 6.43. The third-order valence-corrected chi connectivity index (χ3v) is 1.11. The highest BCUT2D eigenvalue weighted by Crippen LogP contribution is 2.02. The molecule has 0 radical (unpaired) electrons. The number of rotatable bonds is 1. The fourth-order valence-electron chi connectivity index (χ4n) is 0.616. The van der Waals surface area contributed by atoms with Gasteiger partial charge in [-0.3, -0.25) is 10.0 Å². The summed E-state index contributed by atoms with van der Waals surface area (Å²) in [6.45, 7) is 0.374. The van der Waals surface area contributed by atoms with E-state index in [0.717, 1.165) is 0 Å². The summed E-state index contributed by atoms with van der Waals surface area (Å²) in [4.78, 5) is 10.6. The molecule has 11 heavy (non-hydrogen) atoms. The summed E-state index contributed by atoms with van der Waals surface area (Å²) in [6.07, 6.45) is 4.46. The minimum Gasteiger partial charge on any atom is -0.497 e. The Morgan fingerprint density at radius 3 is 2.91 bits per heavy atom. The lowest BCUT2D eigenvalue weighted by molar-refractivity contribution is -0.125. The molecule has 0 aromatic rings. The number of nitrogens with one attached hydrogen (secondary N) is 1. The van der Waals surface area contributed by atoms with E-state index in [9.17, 15) is 4.79 Å². The van der Waals surface area contributed by atoms with Crippen LogP contribution >= 0.6 is 12.4 Å². The van der Waals surface area contributed by atoms with Crippen molar-refractivity contribution < 1.29 is 14.7 Å². The van der Waals surface area contributed by atoms with E-state index >= 15 is 0 Å². The maximum atomic E-state index is 10.6. The van der Waals surface area contributed by atoms with Crippen molar-refractivity contribution in [2.45, 2.75) is 0 Å². The highest BCUT2D eigenvalue weighted by atomic mass is 35.5. The van der Waals surface area contributed by atoms with E-state index in [1.165, 1.54) is 17.8 Å². The number of hydroxylamine groups is 1. The van der Waals surface area contributed by atoms with Crippen molar-refractivity contribution in [3.05, 3.63) is 24.0 Å². The average molecular weight is 178 g/mol. The van der Waals surface area contributed by atoms with Crippen LogP contribution in [0.5, 0.6) is 0 Å². The minimum atomic E-state index is -0.514. The number of ether oxygens (including phenoxy) is 1. The Morgan fingerprint density at radius 1 is 1.73 bits per heavy atom. The van der Waals surface area contributed by atoms with Crippen molar-refractivity contribution in [3.63, 3.8) is 0 Å². The van der Waals surface area contributed by atoms with Crippen LogP contribution in [0.2, 0.25) is 0 Å². The molecule has 1 aliphatic rings. The van der Waals surface area contributed by atoms with Crippen LogP contribution in [0.3, 0.4) is 0 Å². The van der Waals surface area contributed by atoms with Gasteiger partial charge in [-0.2, -0.15) is 0 Å². The predicted octanol–water partition coefficient (Wildman–Crippen LogP) is 0.384. The second kappa shape index (κ2) is 4.76. The fraction of sp³-hybridized carbons (Fsp3) is 0.167. The van der Waals surface area contributed by atoms with Crippen molar-refractivity contribution in [1.29, 1.82) is 0 Å². The van der Waals surface area contributed by atoms with Crippen LogP contribution < -0.4 is 5.48 Å². The molecule has 62 valence electrons. The molecule has 0 aliphatic carbocycles. The Kier molecular flexibility index (Phi) is 4.33. The molecule has 4 nitrogen and oxygen atoms in total. The van der Waals surface area contributed by atoms with Crippen LogP contribution in [-0.2, 0) is 9.53 Å². The molecule has 0 fully saturated rings. The Labute approximate surface area is 69.9 Å². The minimum absolute atomic E-state index is 0. The van der Waals surface area contributed by atoms with Crippen LogP contribution in [0, 0.1) is 0 Å². The molecular formula is C6H8ClNO3. The summed E-state index contributed by atoms with van der Waals surface area (Å²) in [6, 6.07) is 0. The van der Waals surface area contributed by atoms with E-state index in [1.807, 2.05) is 0 Å². The largest absolute Gasteiger partial charge is 0.497 e. The fourth-order valence-corrected chi connectivity index (χ4v) is 0.616. The van der Waals surface area contributed by atoms with Gasteiger partial charge in [0.05, 0.1) is 6.26 Å². The standard InChI is InChI=1S/C6H7NO3.ClH/c8-6(7-9)5-1-3-10-4-2-5;/h1-3,9H,4H2,(H,7,8);1H. The van der Waals surface area contributed by atoms with Gasteiger partial charge in [-0.1, -0.05) is 0 Å². The lowest BCUT2D eigenvalue weighted by Crippen LogP contribution is -2.20. The molecule has 0 atom stereocenters. The Hall–Kier alpha value is -1.00. The lowest BCUT2D eigenvalue weighted by Gasteiger charge is -2.04. The third-order valence-electron chi connectivity index (χ3n) is 1.11. The lowest BCUT2D eigenvalue weighted by atomic mass is 10.2. The summed E-state index contributed by atoms with van der Waals surface area (Å²) >= 11 is 0. The molecule has 0 aromatic carbocycles. The first-order valence-corrected chi connectivity index (χ1v) is 2.77. The number of amides is 1. The molecule has 0 unspecified atom stereocenters. The van der Waals surface area contributed by atoms with E-state index in [2.05, 4.69) is 0 Å². The Bertz CT molecular complexity index is 200. The van der Waals surface area contributed by atoms with Gasteiger partial charge in [0.1, 0.15) is 6.61 Å². The monoisotopic (exact) mass is 177 g/mol. The van der Waals surface area contributed by atoms with Gasteiger partial charge in [0.25, 0.3) is 5.91 Å². The van der Waals surface area contributed by atoms with Gasteiger partial charge in [-0.05, 0) is 12.2 Å². The first kappa shape index (κ1) is 10.0. The summed E-state index contributed by atoms with van der Waals surface area (Å²) < 4.78 is 4.78. The van der Waals surface area contributed by atoms with Crippen LogP contribution in [0.25, 0.3) is 0 Å². The summed E-state index contributed by atoms with van der Waals surface area (Å²) in [5.41, 5.74) is 1.93. The van der Waals surface area contributed by atoms with Crippen LogP contribution in [-0.4, -0.2) is 17.7 Å². The highest BCUT2D eigenvalue weighted by molar-refractivity contribution is 5.95. The van der Waals surface area contributed by atoms with Crippen molar-refractivity contribution in [3.8, 4) is 0 Å². The number of carbonyl (C=O) groups excluding carboxylic acids is 1. The molecule has 2 N–H and O–H groups in total. The first-order chi connectivity index (χ1) is 4.84. The summed E-state index contributed by atoms with van der Waals surface area (Å²) in [7, 11) is 0. The van der Waals surface area contributed by atoms with Crippen molar-refractivity contribution >= 4 is 18.3 Å². The quantitative estimate of drug-likeness (QED) is 0.450. The molecule has 1 rings (SSSR count). The van der Waals surface area contributed by atoms with Gasteiger partial charge in [0.15, 0.2) is 0 Å². The second-order valence-corrected chi connectivity index (χ2v) is 1.74. The normalized spacial score (nSPS) is 14.1. The van der Waals surface area contributed by atoms with E-state index in [-0.39, 0.29) is 12.4 Å². The summed E-state index contributed by atoms with van der Waals surface area (Å²) in [5, 5.41) is 8.17. The van der Waals surface area contributed by atoms with Gasteiger partial charge in [-0.25, -0.2) is 5.48 Å². The molecule has 0 bridgehead atoms. The van der Waals surface area contributed by atoms with Gasteiger partial charge < -0.3 is 4.74 Å². The zero-order valence-electron chi connectivity index (χ0n) is 5.61. The molecule has 0 aromatic heterocycles. The van der Waals surface area contributed by atoms with Gasteiger partial charge in [0, 0.05) is 5.57 Å². The van der Waals surface area contributed by atoms with Gasteiger partial charge in [-0.15, -0.1) is 12.4 Å². The van der Waals surface area contributed by atoms with Crippen molar-refractivity contribution in [1.82, 2.24) is 5.48 Å². The molecule has 0 spiro atoms. The molecular weight excluding hydrogens is 170 g/mol. The van der Waals surface area contributed by atoms with E-state index in [0.29, 0.717) is 12.2 Å². The Morgan fingerprint density at radius 2 is 2.45 bits per heavy atom. The summed E-state index contributed by atoms with van der Waals surface area (Å²) in [5.74, 6) is -0.514. The molecule has 1 amide bonds. The Balaban J connectivity index is 0.000001000. The van der Waals surface area contributed by atoms with E-state index in [4.69, 9.17) is 9.94 Å². The maximum Gasteiger partial charge on any atom is 0.274 e. The number of hydrogen-bond acceptors (Lipinski definition) is 3. The SMILES string of the molecule is Cl.O=C(NO)C1=CCOC=C1. The first-order valence-electron chi connectivity index (χ1n) is 2.77. The molecule has 0 saturated heterocycles. The highest BCUT2D eigenvalue weighted by Gasteiger charge is 2.05. The molecule has 1 heterocycles. The van der Waals surface area contributed by atoms with Crippen molar-refractivity contribution in [2.24, 2.45) is 0 Å². The average Bonchev–Trinajstić information content (AvgIpc) is 2.05. The van der Waals surface area contributed by atoms with Crippen LogP contribution in [0.4, 0.5) is 0 Å². The topological polar surface area (TPSA) is 58.6 Å².